The SMILES string of the molecule is CCC(C(=O)NCC1CCCN1)N1CCCC1=O. The van der Waals surface area contributed by atoms with Gasteiger partial charge >= 0.3 is 0 Å². The Balaban J connectivity index is 1.82. The van der Waals surface area contributed by atoms with Crippen molar-refractivity contribution in [1.82, 2.24) is 15.5 Å². The smallest absolute Gasteiger partial charge is 0.242 e. The molecule has 2 heterocycles. The van der Waals surface area contributed by atoms with E-state index in [1.54, 1.807) is 4.90 Å². The van der Waals surface area contributed by atoms with Gasteiger partial charge in [0.25, 0.3) is 0 Å². The molecule has 0 saturated carbocycles. The Kier molecular flexibility index (Phi) is 4.58. The van der Waals surface area contributed by atoms with Crippen LogP contribution in [0.2, 0.25) is 0 Å². The summed E-state index contributed by atoms with van der Waals surface area (Å²) >= 11 is 0. The highest BCUT2D eigenvalue weighted by Crippen LogP contribution is 2.16. The van der Waals surface area contributed by atoms with Crippen molar-refractivity contribution in [2.24, 2.45) is 0 Å². The number of nitrogens with one attached hydrogen (secondary N) is 2. The minimum absolute atomic E-state index is 0.00134. The van der Waals surface area contributed by atoms with Crippen LogP contribution in [0, 0.1) is 0 Å². The second-order valence-corrected chi connectivity index (χ2v) is 5.15. The van der Waals surface area contributed by atoms with Gasteiger partial charge in [-0.2, -0.15) is 0 Å². The standard InChI is InChI=1S/C13H23N3O2/c1-2-11(16-8-4-6-12(16)17)13(18)15-9-10-5-3-7-14-10/h10-11,14H,2-9H2,1H3,(H,15,18). The van der Waals surface area contributed by atoms with Crippen molar-refractivity contribution < 1.29 is 9.59 Å². The van der Waals surface area contributed by atoms with Gasteiger partial charge in [-0.15, -0.1) is 0 Å². The molecule has 0 spiro atoms. The first-order valence-electron chi connectivity index (χ1n) is 7.03. The molecular weight excluding hydrogens is 230 g/mol. The lowest BCUT2D eigenvalue weighted by Crippen LogP contribution is -2.49. The van der Waals surface area contributed by atoms with Gasteiger partial charge in [0.05, 0.1) is 0 Å². The molecule has 102 valence electrons. The van der Waals surface area contributed by atoms with Crippen LogP contribution in [-0.4, -0.2) is 48.4 Å². The van der Waals surface area contributed by atoms with E-state index in [-0.39, 0.29) is 17.9 Å². The highest BCUT2D eigenvalue weighted by Gasteiger charge is 2.31. The molecule has 18 heavy (non-hydrogen) atoms. The van der Waals surface area contributed by atoms with E-state index in [1.807, 2.05) is 6.92 Å². The molecule has 2 atom stereocenters. The maximum Gasteiger partial charge on any atom is 0.242 e. The lowest BCUT2D eigenvalue weighted by molar-refractivity contribution is -0.137. The zero-order chi connectivity index (χ0) is 13.0. The van der Waals surface area contributed by atoms with E-state index in [0.29, 0.717) is 25.4 Å². The number of hydrogen-bond acceptors (Lipinski definition) is 3. The quantitative estimate of drug-likeness (QED) is 0.738. The average molecular weight is 253 g/mol. The molecule has 0 aromatic carbocycles. The summed E-state index contributed by atoms with van der Waals surface area (Å²) in [4.78, 5) is 25.5. The van der Waals surface area contributed by atoms with Crippen LogP contribution in [-0.2, 0) is 9.59 Å². The van der Waals surface area contributed by atoms with Crippen LogP contribution in [0.1, 0.15) is 39.0 Å². The summed E-state index contributed by atoms with van der Waals surface area (Å²) in [6.45, 7) is 4.41. The summed E-state index contributed by atoms with van der Waals surface area (Å²) in [5.74, 6) is 0.123. The van der Waals surface area contributed by atoms with Crippen LogP contribution in [0.3, 0.4) is 0 Å². The number of hydrogen-bond donors (Lipinski definition) is 2. The maximum atomic E-state index is 12.1. The van der Waals surface area contributed by atoms with Crippen molar-refractivity contribution in [3.63, 3.8) is 0 Å². The van der Waals surface area contributed by atoms with E-state index in [2.05, 4.69) is 10.6 Å². The Labute approximate surface area is 108 Å². The van der Waals surface area contributed by atoms with Crippen LogP contribution in [0.5, 0.6) is 0 Å². The van der Waals surface area contributed by atoms with Gasteiger partial charge in [-0.25, -0.2) is 0 Å². The minimum atomic E-state index is -0.276. The molecule has 0 radical (unpaired) electrons. The molecule has 0 aliphatic carbocycles. The summed E-state index contributed by atoms with van der Waals surface area (Å²) in [6, 6.07) is 0.127. The third-order valence-corrected chi connectivity index (χ3v) is 3.86. The van der Waals surface area contributed by atoms with Gasteiger partial charge in [0.1, 0.15) is 6.04 Å². The van der Waals surface area contributed by atoms with Gasteiger partial charge < -0.3 is 15.5 Å². The highest BCUT2D eigenvalue weighted by atomic mass is 16.2. The van der Waals surface area contributed by atoms with Crippen molar-refractivity contribution in [3.05, 3.63) is 0 Å². The molecule has 5 nitrogen and oxygen atoms in total. The van der Waals surface area contributed by atoms with E-state index < -0.39 is 0 Å². The van der Waals surface area contributed by atoms with E-state index in [4.69, 9.17) is 0 Å². The van der Waals surface area contributed by atoms with E-state index in [9.17, 15) is 9.59 Å². The fourth-order valence-electron chi connectivity index (χ4n) is 2.82. The van der Waals surface area contributed by atoms with Crippen LogP contribution in [0.25, 0.3) is 0 Å². The summed E-state index contributed by atoms with van der Waals surface area (Å²) in [5, 5.41) is 6.33. The van der Waals surface area contributed by atoms with Crippen molar-refractivity contribution in [3.8, 4) is 0 Å². The molecule has 2 rings (SSSR count). The number of rotatable bonds is 5. The molecule has 2 aliphatic heterocycles. The number of likely N-dealkylation sites (tertiary alicyclic amines) is 1. The number of carbonyl (C=O) groups excluding carboxylic acids is 2. The topological polar surface area (TPSA) is 61.4 Å². The Hall–Kier alpha value is -1.10. The molecule has 2 saturated heterocycles. The third kappa shape index (κ3) is 3.02. The van der Waals surface area contributed by atoms with Crippen molar-refractivity contribution >= 4 is 11.8 Å². The van der Waals surface area contributed by atoms with E-state index >= 15 is 0 Å². The van der Waals surface area contributed by atoms with Crippen molar-refractivity contribution in [2.45, 2.75) is 51.1 Å². The van der Waals surface area contributed by atoms with Crippen LogP contribution in [0.15, 0.2) is 0 Å². The van der Waals surface area contributed by atoms with Gasteiger partial charge in [-0.3, -0.25) is 9.59 Å². The Morgan fingerprint density at radius 3 is 2.94 bits per heavy atom. The van der Waals surface area contributed by atoms with Crippen molar-refractivity contribution in [2.75, 3.05) is 19.6 Å². The lowest BCUT2D eigenvalue weighted by atomic mass is 10.1. The summed E-state index contributed by atoms with van der Waals surface area (Å²) in [6.07, 6.45) is 4.47. The van der Waals surface area contributed by atoms with Gasteiger partial charge in [-0.05, 0) is 32.2 Å². The molecule has 5 heteroatoms. The molecule has 2 N–H and O–H groups in total. The van der Waals surface area contributed by atoms with E-state index in [0.717, 1.165) is 25.9 Å². The molecule has 2 unspecified atom stereocenters. The first kappa shape index (κ1) is 13.3. The van der Waals surface area contributed by atoms with Crippen LogP contribution in [0.4, 0.5) is 0 Å². The first-order chi connectivity index (χ1) is 8.72. The summed E-state index contributed by atoms with van der Waals surface area (Å²) in [7, 11) is 0. The lowest BCUT2D eigenvalue weighted by Gasteiger charge is -2.26. The molecule has 0 bridgehead atoms. The largest absolute Gasteiger partial charge is 0.353 e. The Morgan fingerprint density at radius 2 is 2.39 bits per heavy atom. The van der Waals surface area contributed by atoms with Crippen LogP contribution < -0.4 is 10.6 Å². The monoisotopic (exact) mass is 253 g/mol. The minimum Gasteiger partial charge on any atom is -0.353 e. The predicted molar refractivity (Wildman–Crippen MR) is 69.1 cm³/mol. The van der Waals surface area contributed by atoms with E-state index in [1.165, 1.54) is 6.42 Å². The molecule has 2 amide bonds. The van der Waals surface area contributed by atoms with Crippen LogP contribution >= 0.6 is 0 Å². The van der Waals surface area contributed by atoms with Gasteiger partial charge in [-0.1, -0.05) is 6.92 Å². The second-order valence-electron chi connectivity index (χ2n) is 5.15. The first-order valence-corrected chi connectivity index (χ1v) is 7.03. The second kappa shape index (κ2) is 6.18. The Bertz CT molecular complexity index is 313. The highest BCUT2D eigenvalue weighted by molar-refractivity contribution is 5.88. The molecule has 2 fully saturated rings. The summed E-state index contributed by atoms with van der Waals surface area (Å²) < 4.78 is 0. The average Bonchev–Trinajstić information content (AvgIpc) is 3.00. The van der Waals surface area contributed by atoms with Gasteiger partial charge in [0, 0.05) is 25.6 Å². The molecule has 2 aliphatic rings. The number of amides is 2. The fourth-order valence-corrected chi connectivity index (χ4v) is 2.82. The maximum absolute atomic E-state index is 12.1. The predicted octanol–water partition coefficient (Wildman–Crippen LogP) is 0.256. The molecule has 0 aromatic heterocycles. The number of carbonyl (C=O) groups is 2. The van der Waals surface area contributed by atoms with Gasteiger partial charge in [0.2, 0.25) is 11.8 Å². The summed E-state index contributed by atoms with van der Waals surface area (Å²) in [5.41, 5.74) is 0. The normalized spacial score (nSPS) is 25.5. The Morgan fingerprint density at radius 1 is 1.56 bits per heavy atom. The third-order valence-electron chi connectivity index (χ3n) is 3.86. The zero-order valence-corrected chi connectivity index (χ0v) is 11.1. The zero-order valence-electron chi connectivity index (χ0n) is 11.1. The number of nitrogens with zero attached hydrogens (tertiary/aromatic N) is 1. The van der Waals surface area contributed by atoms with Crippen molar-refractivity contribution in [1.29, 1.82) is 0 Å². The fraction of sp³-hybridized carbons (Fsp3) is 0.846. The molecule has 0 aromatic rings. The molecular formula is C13H23N3O2. The van der Waals surface area contributed by atoms with Gasteiger partial charge in [0.15, 0.2) is 0 Å².